The van der Waals surface area contributed by atoms with Gasteiger partial charge >= 0.3 is 5.97 Å². The van der Waals surface area contributed by atoms with Crippen molar-refractivity contribution in [1.82, 2.24) is 4.98 Å². The molecule has 0 saturated carbocycles. The van der Waals surface area contributed by atoms with E-state index >= 15 is 0 Å². The minimum Gasteiger partial charge on any atom is -0.478 e. The average molecular weight is 360 g/mol. The number of rotatable bonds is 7. The lowest BCUT2D eigenvalue weighted by Gasteiger charge is -2.25. The average Bonchev–Trinajstić information content (AvgIpc) is 2.67. The molecular weight excluding hydrogens is 336 g/mol. The molecule has 0 radical (unpaired) electrons. The van der Waals surface area contributed by atoms with E-state index in [2.05, 4.69) is 41.9 Å². The van der Waals surface area contributed by atoms with Crippen LogP contribution in [0.5, 0.6) is 0 Å². The van der Waals surface area contributed by atoms with Gasteiger partial charge in [0, 0.05) is 18.5 Å². The normalized spacial score (nSPS) is 11.6. The van der Waals surface area contributed by atoms with E-state index in [1.807, 2.05) is 36.5 Å². The van der Waals surface area contributed by atoms with Crippen molar-refractivity contribution < 1.29 is 9.90 Å². The molecule has 0 aliphatic heterocycles. The van der Waals surface area contributed by atoms with Gasteiger partial charge in [0.2, 0.25) is 0 Å². The smallest absolute Gasteiger partial charge is 0.335 e. The Balaban J connectivity index is 1.80. The molecule has 1 aromatic heterocycles. The van der Waals surface area contributed by atoms with Crippen molar-refractivity contribution >= 4 is 28.6 Å². The van der Waals surface area contributed by atoms with Crippen molar-refractivity contribution in [3.05, 3.63) is 77.5 Å². The first kappa shape index (κ1) is 18.6. The van der Waals surface area contributed by atoms with Crippen LogP contribution in [0.4, 0.5) is 5.69 Å². The highest BCUT2D eigenvalue weighted by Crippen LogP contribution is 2.21. The molecule has 0 aliphatic rings. The molecule has 3 aromatic rings. The third-order valence-electron chi connectivity index (χ3n) is 4.45. The van der Waals surface area contributed by atoms with Gasteiger partial charge in [0.1, 0.15) is 0 Å². The van der Waals surface area contributed by atoms with Crippen molar-refractivity contribution in [2.75, 3.05) is 18.0 Å². The first-order valence-electron chi connectivity index (χ1n) is 9.17. The lowest BCUT2D eigenvalue weighted by atomic mass is 10.1. The summed E-state index contributed by atoms with van der Waals surface area (Å²) in [5.74, 6) is -0.903. The minimum atomic E-state index is -0.903. The number of anilines is 1. The molecule has 4 heteroatoms. The molecule has 4 nitrogen and oxygen atoms in total. The summed E-state index contributed by atoms with van der Waals surface area (Å²) in [5.41, 5.74) is 4.64. The van der Waals surface area contributed by atoms with E-state index in [1.165, 1.54) is 5.57 Å². The third kappa shape index (κ3) is 4.73. The highest BCUT2D eigenvalue weighted by atomic mass is 16.4. The minimum absolute atomic E-state index is 0.305. The second kappa shape index (κ2) is 8.49. The van der Waals surface area contributed by atoms with E-state index in [4.69, 9.17) is 5.11 Å². The number of aromatic carboxylic acids is 1. The second-order valence-corrected chi connectivity index (χ2v) is 6.73. The van der Waals surface area contributed by atoms with Gasteiger partial charge < -0.3 is 10.0 Å². The summed E-state index contributed by atoms with van der Waals surface area (Å²) in [4.78, 5) is 17.9. The number of carboxylic acids is 1. The Morgan fingerprint density at radius 3 is 2.59 bits per heavy atom. The van der Waals surface area contributed by atoms with Gasteiger partial charge in [0.15, 0.2) is 0 Å². The summed E-state index contributed by atoms with van der Waals surface area (Å²) in [6.07, 6.45) is 5.09. The molecule has 0 bridgehead atoms. The lowest BCUT2D eigenvalue weighted by molar-refractivity contribution is 0.0697. The molecule has 0 atom stereocenters. The van der Waals surface area contributed by atoms with Crippen molar-refractivity contribution in [1.29, 1.82) is 0 Å². The molecule has 0 amide bonds. The summed E-state index contributed by atoms with van der Waals surface area (Å²) < 4.78 is 0. The Kier molecular flexibility index (Phi) is 5.87. The fourth-order valence-corrected chi connectivity index (χ4v) is 3.15. The maximum atomic E-state index is 11.0. The number of para-hydroxylation sites is 1. The predicted molar refractivity (Wildman–Crippen MR) is 111 cm³/mol. The number of hydrogen-bond donors (Lipinski definition) is 1. The van der Waals surface area contributed by atoms with E-state index in [0.717, 1.165) is 41.7 Å². The first-order valence-corrected chi connectivity index (χ1v) is 9.17. The SMILES string of the molecule is CCCN(C/C(C)=C/c1ccc(C(=O)O)cc1)c1cnc2ccccc2c1. The van der Waals surface area contributed by atoms with Crippen LogP contribution in [0.2, 0.25) is 0 Å². The molecular formula is C23H24N2O2. The van der Waals surface area contributed by atoms with Crippen LogP contribution in [0.25, 0.3) is 17.0 Å². The van der Waals surface area contributed by atoms with Crippen LogP contribution in [-0.2, 0) is 0 Å². The number of aromatic nitrogens is 1. The Morgan fingerprint density at radius 1 is 1.15 bits per heavy atom. The number of hydrogen-bond acceptors (Lipinski definition) is 3. The number of nitrogens with zero attached hydrogens (tertiary/aromatic N) is 2. The van der Waals surface area contributed by atoms with Crippen molar-refractivity contribution in [2.45, 2.75) is 20.3 Å². The van der Waals surface area contributed by atoms with Gasteiger partial charge in [0.25, 0.3) is 0 Å². The molecule has 3 rings (SSSR count). The predicted octanol–water partition coefficient (Wildman–Crippen LogP) is 5.25. The molecule has 2 aromatic carbocycles. The summed E-state index contributed by atoms with van der Waals surface area (Å²) in [6, 6.07) is 17.3. The fourth-order valence-electron chi connectivity index (χ4n) is 3.15. The number of carboxylic acid groups (broad SMARTS) is 1. The second-order valence-electron chi connectivity index (χ2n) is 6.73. The Labute approximate surface area is 159 Å². The van der Waals surface area contributed by atoms with Gasteiger partial charge in [-0.25, -0.2) is 4.79 Å². The van der Waals surface area contributed by atoms with E-state index in [1.54, 1.807) is 12.1 Å². The number of benzene rings is 2. The molecule has 0 spiro atoms. The van der Waals surface area contributed by atoms with Gasteiger partial charge in [-0.3, -0.25) is 4.98 Å². The van der Waals surface area contributed by atoms with Gasteiger partial charge in [-0.15, -0.1) is 0 Å². The van der Waals surface area contributed by atoms with E-state index in [9.17, 15) is 4.79 Å². The zero-order chi connectivity index (χ0) is 19.2. The van der Waals surface area contributed by atoms with E-state index < -0.39 is 5.97 Å². The van der Waals surface area contributed by atoms with Gasteiger partial charge in [-0.1, -0.05) is 48.9 Å². The largest absolute Gasteiger partial charge is 0.478 e. The lowest BCUT2D eigenvalue weighted by Crippen LogP contribution is -2.26. The highest BCUT2D eigenvalue weighted by Gasteiger charge is 2.08. The van der Waals surface area contributed by atoms with Crippen LogP contribution >= 0.6 is 0 Å². The summed E-state index contributed by atoms with van der Waals surface area (Å²) in [7, 11) is 0. The number of pyridine rings is 1. The zero-order valence-corrected chi connectivity index (χ0v) is 15.7. The maximum absolute atomic E-state index is 11.0. The third-order valence-corrected chi connectivity index (χ3v) is 4.45. The Morgan fingerprint density at radius 2 is 1.89 bits per heavy atom. The highest BCUT2D eigenvalue weighted by molar-refractivity contribution is 5.87. The number of fused-ring (bicyclic) bond motifs is 1. The Hall–Kier alpha value is -3.14. The van der Waals surface area contributed by atoms with Crippen LogP contribution < -0.4 is 4.90 Å². The zero-order valence-electron chi connectivity index (χ0n) is 15.7. The quantitative estimate of drug-likeness (QED) is 0.625. The van der Waals surface area contributed by atoms with Crippen LogP contribution in [0.15, 0.2) is 66.4 Å². The monoisotopic (exact) mass is 360 g/mol. The van der Waals surface area contributed by atoms with Crippen molar-refractivity contribution in [3.63, 3.8) is 0 Å². The molecule has 0 unspecified atom stereocenters. The summed E-state index contributed by atoms with van der Waals surface area (Å²) in [6.45, 7) is 6.02. The standard InChI is InChI=1S/C23H24N2O2/c1-3-12-25(21-14-20-6-4-5-7-22(20)24-15-21)16-17(2)13-18-8-10-19(11-9-18)23(26)27/h4-11,13-15H,3,12,16H2,1-2H3,(H,26,27)/b17-13+. The maximum Gasteiger partial charge on any atom is 0.335 e. The molecule has 1 N–H and O–H groups in total. The Bertz CT molecular complexity index is 962. The van der Waals surface area contributed by atoms with Crippen LogP contribution in [0, 0.1) is 0 Å². The van der Waals surface area contributed by atoms with Crippen molar-refractivity contribution in [2.24, 2.45) is 0 Å². The molecule has 0 aliphatic carbocycles. The van der Waals surface area contributed by atoms with Gasteiger partial charge in [0.05, 0.1) is 23.0 Å². The molecule has 0 fully saturated rings. The first-order chi connectivity index (χ1) is 13.1. The van der Waals surface area contributed by atoms with Crippen LogP contribution in [0.3, 0.4) is 0 Å². The van der Waals surface area contributed by atoms with Crippen LogP contribution in [-0.4, -0.2) is 29.1 Å². The number of carbonyl (C=O) groups is 1. The molecule has 0 saturated heterocycles. The van der Waals surface area contributed by atoms with Gasteiger partial charge in [-0.05, 0) is 43.2 Å². The molecule has 138 valence electrons. The molecule has 1 heterocycles. The summed E-state index contributed by atoms with van der Waals surface area (Å²) in [5, 5.41) is 10.1. The van der Waals surface area contributed by atoms with Gasteiger partial charge in [-0.2, -0.15) is 0 Å². The van der Waals surface area contributed by atoms with Crippen LogP contribution in [0.1, 0.15) is 36.2 Å². The van der Waals surface area contributed by atoms with E-state index in [0.29, 0.717) is 5.56 Å². The molecule has 27 heavy (non-hydrogen) atoms. The fraction of sp³-hybridized carbons (Fsp3) is 0.217. The van der Waals surface area contributed by atoms with Crippen molar-refractivity contribution in [3.8, 4) is 0 Å². The topological polar surface area (TPSA) is 53.4 Å². The van der Waals surface area contributed by atoms with E-state index in [-0.39, 0.29) is 0 Å². The summed E-state index contributed by atoms with van der Waals surface area (Å²) >= 11 is 0.